The van der Waals surface area contributed by atoms with E-state index in [2.05, 4.69) is 28.9 Å². The van der Waals surface area contributed by atoms with Crippen molar-refractivity contribution in [1.82, 2.24) is 4.98 Å². The van der Waals surface area contributed by atoms with E-state index < -0.39 is 10.0 Å². The number of aromatic nitrogens is 1. The molecule has 0 aliphatic carbocycles. The van der Waals surface area contributed by atoms with Gasteiger partial charge in [0.1, 0.15) is 5.75 Å². The summed E-state index contributed by atoms with van der Waals surface area (Å²) in [5.74, 6) is 0.570. The Morgan fingerprint density at radius 2 is 1.84 bits per heavy atom. The van der Waals surface area contributed by atoms with Gasteiger partial charge in [0.15, 0.2) is 0 Å². The first-order chi connectivity index (χ1) is 15.3. The molecule has 0 fully saturated rings. The molecule has 1 amide bonds. The lowest BCUT2D eigenvalue weighted by Gasteiger charge is -2.14. The van der Waals surface area contributed by atoms with Crippen LogP contribution in [0.5, 0.6) is 5.75 Å². The number of methoxy groups -OCH3 is 1. The number of ether oxygens (including phenoxy) is 1. The standard InChI is InChI=1S/C24H27N3O4S/c1-17(2)6-7-18-8-11-21(12-9-18)32(29,30)27-20-10-13-22(23(15-20)31-3)26-24(28)19-5-4-14-25-16-19/h4-5,8-17,27H,6-7H2,1-3H3,(H,26,28). The molecule has 0 saturated heterocycles. The monoisotopic (exact) mass is 453 g/mol. The zero-order valence-electron chi connectivity index (χ0n) is 18.3. The highest BCUT2D eigenvalue weighted by Gasteiger charge is 2.16. The van der Waals surface area contributed by atoms with Gasteiger partial charge in [0.25, 0.3) is 15.9 Å². The van der Waals surface area contributed by atoms with E-state index in [1.54, 1.807) is 42.6 Å². The number of nitrogens with zero attached hydrogens (tertiary/aromatic N) is 1. The quantitative estimate of drug-likeness (QED) is 0.488. The van der Waals surface area contributed by atoms with E-state index in [1.165, 1.54) is 19.4 Å². The molecule has 3 rings (SSSR count). The number of hydrogen-bond acceptors (Lipinski definition) is 5. The van der Waals surface area contributed by atoms with Gasteiger partial charge < -0.3 is 10.1 Å². The Bertz CT molecular complexity index is 1160. The minimum Gasteiger partial charge on any atom is -0.494 e. The van der Waals surface area contributed by atoms with Crippen LogP contribution in [-0.4, -0.2) is 26.4 Å². The van der Waals surface area contributed by atoms with Crippen LogP contribution in [0.1, 0.15) is 36.2 Å². The lowest BCUT2D eigenvalue weighted by molar-refractivity contribution is 0.102. The number of sulfonamides is 1. The van der Waals surface area contributed by atoms with Gasteiger partial charge in [-0.2, -0.15) is 0 Å². The highest BCUT2D eigenvalue weighted by Crippen LogP contribution is 2.29. The largest absolute Gasteiger partial charge is 0.494 e. The Balaban J connectivity index is 1.73. The van der Waals surface area contributed by atoms with Crippen LogP contribution in [0.4, 0.5) is 11.4 Å². The Hall–Kier alpha value is -3.39. The minimum atomic E-state index is -3.77. The van der Waals surface area contributed by atoms with Crippen molar-refractivity contribution in [2.45, 2.75) is 31.6 Å². The summed E-state index contributed by atoms with van der Waals surface area (Å²) in [5.41, 5.74) is 2.24. The zero-order chi connectivity index (χ0) is 23.1. The van der Waals surface area contributed by atoms with Crippen molar-refractivity contribution in [3.05, 3.63) is 78.1 Å². The van der Waals surface area contributed by atoms with E-state index in [-0.39, 0.29) is 10.8 Å². The maximum Gasteiger partial charge on any atom is 0.261 e. The first kappa shape index (κ1) is 23.3. The summed E-state index contributed by atoms with van der Waals surface area (Å²) in [5, 5.41) is 2.74. The van der Waals surface area contributed by atoms with Gasteiger partial charge in [-0.25, -0.2) is 8.42 Å². The van der Waals surface area contributed by atoms with Gasteiger partial charge in [-0.05, 0) is 60.7 Å². The third-order valence-electron chi connectivity index (χ3n) is 4.87. The molecule has 2 aromatic carbocycles. The van der Waals surface area contributed by atoms with E-state index in [0.29, 0.717) is 28.6 Å². The number of pyridine rings is 1. The van der Waals surface area contributed by atoms with E-state index >= 15 is 0 Å². The van der Waals surface area contributed by atoms with Crippen LogP contribution in [0.2, 0.25) is 0 Å². The number of amides is 1. The Kier molecular flexibility index (Phi) is 7.48. The molecule has 0 radical (unpaired) electrons. The average molecular weight is 454 g/mol. The van der Waals surface area contributed by atoms with E-state index in [0.717, 1.165) is 18.4 Å². The molecule has 1 aromatic heterocycles. The highest BCUT2D eigenvalue weighted by atomic mass is 32.2. The van der Waals surface area contributed by atoms with Crippen molar-refractivity contribution >= 4 is 27.3 Å². The molecule has 168 valence electrons. The summed E-state index contributed by atoms with van der Waals surface area (Å²) in [7, 11) is -2.32. The third kappa shape index (κ3) is 6.07. The predicted octanol–water partition coefficient (Wildman–Crippen LogP) is 4.73. The van der Waals surface area contributed by atoms with Gasteiger partial charge in [0.05, 0.1) is 28.9 Å². The average Bonchev–Trinajstić information content (AvgIpc) is 2.79. The minimum absolute atomic E-state index is 0.179. The summed E-state index contributed by atoms with van der Waals surface area (Å²) in [6.45, 7) is 4.32. The summed E-state index contributed by atoms with van der Waals surface area (Å²) in [6.07, 6.45) is 5.00. The fourth-order valence-corrected chi connectivity index (χ4v) is 4.10. The van der Waals surface area contributed by atoms with Crippen molar-refractivity contribution in [1.29, 1.82) is 0 Å². The fraction of sp³-hybridized carbons (Fsp3) is 0.250. The van der Waals surface area contributed by atoms with Gasteiger partial charge in [0.2, 0.25) is 0 Å². The predicted molar refractivity (Wildman–Crippen MR) is 126 cm³/mol. The van der Waals surface area contributed by atoms with Crippen LogP contribution in [0.15, 0.2) is 71.9 Å². The molecule has 2 N–H and O–H groups in total. The fourth-order valence-electron chi connectivity index (χ4n) is 3.05. The maximum atomic E-state index is 12.8. The third-order valence-corrected chi connectivity index (χ3v) is 6.27. The molecule has 8 heteroatoms. The van der Waals surface area contributed by atoms with E-state index in [9.17, 15) is 13.2 Å². The lowest BCUT2D eigenvalue weighted by atomic mass is 10.0. The van der Waals surface area contributed by atoms with Crippen molar-refractivity contribution in [2.75, 3.05) is 17.1 Å². The second-order valence-electron chi connectivity index (χ2n) is 7.79. The molecule has 7 nitrogen and oxygen atoms in total. The number of carbonyl (C=O) groups excluding carboxylic acids is 1. The molecule has 0 atom stereocenters. The topological polar surface area (TPSA) is 97.4 Å². The number of aryl methyl sites for hydroxylation is 1. The molecule has 0 aliphatic rings. The smallest absolute Gasteiger partial charge is 0.261 e. The SMILES string of the molecule is COc1cc(NS(=O)(=O)c2ccc(CCC(C)C)cc2)ccc1NC(=O)c1cccnc1. The molecular formula is C24H27N3O4S. The molecule has 0 aliphatic heterocycles. The molecule has 3 aromatic rings. The Morgan fingerprint density at radius 3 is 2.47 bits per heavy atom. The summed E-state index contributed by atoms with van der Waals surface area (Å²) >= 11 is 0. The van der Waals surface area contributed by atoms with Gasteiger partial charge in [-0.15, -0.1) is 0 Å². The first-order valence-corrected chi connectivity index (χ1v) is 11.8. The van der Waals surface area contributed by atoms with Crippen molar-refractivity contribution in [3.8, 4) is 5.75 Å². The second kappa shape index (κ2) is 10.3. The number of carbonyl (C=O) groups is 1. The number of hydrogen-bond donors (Lipinski definition) is 2. The molecule has 0 saturated carbocycles. The van der Waals surface area contributed by atoms with Crippen LogP contribution >= 0.6 is 0 Å². The van der Waals surface area contributed by atoms with Crippen molar-refractivity contribution in [3.63, 3.8) is 0 Å². The Labute approximate surface area is 188 Å². The number of rotatable bonds is 9. The van der Waals surface area contributed by atoms with Gasteiger partial charge >= 0.3 is 0 Å². The summed E-state index contributed by atoms with van der Waals surface area (Å²) in [6, 6.07) is 14.9. The second-order valence-corrected chi connectivity index (χ2v) is 9.48. The molecule has 0 unspecified atom stereocenters. The van der Waals surface area contributed by atoms with Crippen molar-refractivity contribution < 1.29 is 17.9 Å². The normalized spacial score (nSPS) is 11.2. The van der Waals surface area contributed by atoms with E-state index in [4.69, 9.17) is 4.74 Å². The van der Waals surface area contributed by atoms with Gasteiger partial charge in [-0.1, -0.05) is 26.0 Å². The van der Waals surface area contributed by atoms with Crippen LogP contribution in [-0.2, 0) is 16.4 Å². The van der Waals surface area contributed by atoms with Gasteiger partial charge in [-0.3, -0.25) is 14.5 Å². The molecule has 1 heterocycles. The lowest BCUT2D eigenvalue weighted by Crippen LogP contribution is -2.14. The van der Waals surface area contributed by atoms with Crippen molar-refractivity contribution in [2.24, 2.45) is 5.92 Å². The van der Waals surface area contributed by atoms with Crippen LogP contribution in [0, 0.1) is 5.92 Å². The van der Waals surface area contributed by atoms with Crippen LogP contribution in [0.3, 0.4) is 0 Å². The Morgan fingerprint density at radius 1 is 1.09 bits per heavy atom. The number of anilines is 2. The molecule has 32 heavy (non-hydrogen) atoms. The first-order valence-electron chi connectivity index (χ1n) is 10.3. The maximum absolute atomic E-state index is 12.8. The molecule has 0 spiro atoms. The molecule has 0 bridgehead atoms. The summed E-state index contributed by atoms with van der Waals surface area (Å²) < 4.78 is 33.5. The van der Waals surface area contributed by atoms with Gasteiger partial charge in [0, 0.05) is 18.5 Å². The zero-order valence-corrected chi connectivity index (χ0v) is 19.1. The number of nitrogens with one attached hydrogen (secondary N) is 2. The summed E-state index contributed by atoms with van der Waals surface area (Å²) in [4.78, 5) is 16.5. The highest BCUT2D eigenvalue weighted by molar-refractivity contribution is 7.92. The molecular weight excluding hydrogens is 426 g/mol. The van der Waals surface area contributed by atoms with E-state index in [1.807, 2.05) is 12.1 Å². The van der Waals surface area contributed by atoms with Crippen LogP contribution in [0.25, 0.3) is 0 Å². The number of benzene rings is 2. The van der Waals surface area contributed by atoms with Crippen LogP contribution < -0.4 is 14.8 Å².